The number of halogens is 3. The molecule has 1 aliphatic rings. The van der Waals surface area contributed by atoms with Gasteiger partial charge in [-0.3, -0.25) is 0 Å². The van der Waals surface area contributed by atoms with Crippen LogP contribution in [0.1, 0.15) is 23.6 Å². The molecular weight excluding hydrogens is 379 g/mol. The van der Waals surface area contributed by atoms with E-state index in [4.69, 9.17) is 34.8 Å². The summed E-state index contributed by atoms with van der Waals surface area (Å²) in [4.78, 5) is 2.97. The van der Waals surface area contributed by atoms with E-state index in [9.17, 15) is 0 Å². The zero-order valence-electron chi connectivity index (χ0n) is 11.7. The Balaban J connectivity index is 0.000000361. The number of hydrogen-bond acceptors (Lipinski definition) is 2. The number of hydrogen-bond donors (Lipinski definition) is 0. The highest BCUT2D eigenvalue weighted by molar-refractivity contribution is 7.14. The van der Waals surface area contributed by atoms with Gasteiger partial charge in [-0.15, -0.1) is 22.7 Å². The molecule has 0 amide bonds. The lowest BCUT2D eigenvalue weighted by Gasteiger charge is -2.01. The Hall–Kier alpha value is -0.0331. The van der Waals surface area contributed by atoms with Crippen LogP contribution in [0, 0.1) is 0 Å². The third-order valence-electron chi connectivity index (χ3n) is 3.46. The molecule has 0 saturated heterocycles. The molecule has 0 radical (unpaired) electrons. The van der Waals surface area contributed by atoms with Crippen molar-refractivity contribution in [2.45, 2.75) is 18.1 Å². The summed E-state index contributed by atoms with van der Waals surface area (Å²) in [6.07, 6.45) is 0. The van der Waals surface area contributed by atoms with Gasteiger partial charge < -0.3 is 0 Å². The molecule has 1 aliphatic heterocycles. The second-order valence-corrected chi connectivity index (χ2v) is 10.2. The molecule has 3 heterocycles. The Bertz CT molecular complexity index is 584. The fourth-order valence-electron chi connectivity index (χ4n) is 2.34. The van der Waals surface area contributed by atoms with Crippen LogP contribution in [0.25, 0.3) is 10.4 Å². The quantitative estimate of drug-likeness (QED) is 0.424. The summed E-state index contributed by atoms with van der Waals surface area (Å²) in [6, 6.07) is 8.85. The van der Waals surface area contributed by atoms with E-state index in [-0.39, 0.29) is 9.52 Å². The van der Waals surface area contributed by atoms with Crippen LogP contribution in [0.15, 0.2) is 46.2 Å². The smallest absolute Gasteiger partial charge is 0.145 e. The molecule has 0 nitrogen and oxygen atoms in total. The fraction of sp³-hybridized carbons (Fsp3) is 0.200. The molecule has 0 unspecified atom stereocenters. The van der Waals surface area contributed by atoms with Crippen LogP contribution in [0.5, 0.6) is 0 Å². The van der Waals surface area contributed by atoms with E-state index in [0.29, 0.717) is 0 Å². The van der Waals surface area contributed by atoms with Gasteiger partial charge in [0.1, 0.15) is 0 Å². The van der Waals surface area contributed by atoms with Gasteiger partial charge in [0.05, 0.1) is 9.52 Å². The van der Waals surface area contributed by atoms with Gasteiger partial charge in [-0.25, -0.2) is 0 Å². The van der Waals surface area contributed by atoms with Gasteiger partial charge in [0.25, 0.3) is 0 Å². The Kier molecular flexibility index (Phi) is 6.60. The zero-order valence-corrected chi connectivity index (χ0v) is 17.0. The van der Waals surface area contributed by atoms with Crippen molar-refractivity contribution in [3.63, 3.8) is 0 Å². The van der Waals surface area contributed by atoms with E-state index in [1.165, 1.54) is 20.9 Å². The van der Waals surface area contributed by atoms with Crippen molar-refractivity contribution in [1.29, 1.82) is 0 Å². The third kappa shape index (κ3) is 4.47. The Morgan fingerprint density at radius 1 is 0.857 bits per heavy atom. The largest absolute Gasteiger partial charge is 0.180 e. The van der Waals surface area contributed by atoms with Crippen molar-refractivity contribution in [3.8, 4) is 0 Å². The molecular formula is C15H15Cl3S2Si. The molecule has 0 fully saturated rings. The van der Waals surface area contributed by atoms with Crippen molar-refractivity contribution in [1.82, 2.24) is 0 Å². The minimum absolute atomic E-state index is 0.282. The average Bonchev–Trinajstić information content (AvgIpc) is 3.12. The number of alkyl halides is 3. The van der Waals surface area contributed by atoms with Gasteiger partial charge in [0, 0.05) is 9.75 Å². The summed E-state index contributed by atoms with van der Waals surface area (Å²) >= 11 is 18.2. The topological polar surface area (TPSA) is 0 Å². The summed E-state index contributed by atoms with van der Waals surface area (Å²) in [6.45, 7) is 4.58. The first-order chi connectivity index (χ1) is 10.0. The molecule has 0 aliphatic carbocycles. The summed E-state index contributed by atoms with van der Waals surface area (Å²) < 4.78 is -0.750. The number of allylic oxidation sites excluding steroid dienone is 2. The third-order valence-corrected chi connectivity index (χ3v) is 8.36. The van der Waals surface area contributed by atoms with E-state index < -0.39 is 4.30 Å². The van der Waals surface area contributed by atoms with Gasteiger partial charge in [-0.2, -0.15) is 0 Å². The summed E-state index contributed by atoms with van der Waals surface area (Å²) in [5, 5.41) is 7.67. The van der Waals surface area contributed by atoms with Crippen molar-refractivity contribution in [2.75, 3.05) is 0 Å². The van der Waals surface area contributed by atoms with E-state index in [2.05, 4.69) is 48.9 Å². The molecule has 0 atom stereocenters. The lowest BCUT2D eigenvalue weighted by Crippen LogP contribution is -1.93. The number of thiophene rings is 2. The summed E-state index contributed by atoms with van der Waals surface area (Å²) in [5.74, 6) is 0. The standard InChI is InChI=1S/C14H14S2Si.CHCl3/c1-9-10(2)14(12-6-4-8-16-12)17-13(9)11-5-3-7-15-11;2-1(3)4/h3-8H,17H2,1-2H3;1H. The van der Waals surface area contributed by atoms with Crippen LogP contribution >= 0.6 is 57.5 Å². The fourth-order valence-corrected chi connectivity index (χ4v) is 6.78. The maximum Gasteiger partial charge on any atom is 0.180 e. The van der Waals surface area contributed by atoms with Crippen molar-refractivity contribution >= 4 is 77.4 Å². The van der Waals surface area contributed by atoms with Gasteiger partial charge in [0.15, 0.2) is 4.30 Å². The van der Waals surface area contributed by atoms with Crippen LogP contribution in [-0.4, -0.2) is 13.8 Å². The Morgan fingerprint density at radius 3 is 1.52 bits per heavy atom. The van der Waals surface area contributed by atoms with Gasteiger partial charge in [0.2, 0.25) is 0 Å². The van der Waals surface area contributed by atoms with Gasteiger partial charge in [-0.05, 0) is 58.3 Å². The molecule has 0 aromatic carbocycles. The highest BCUT2D eigenvalue weighted by Gasteiger charge is 2.22. The Labute approximate surface area is 150 Å². The molecule has 0 bridgehead atoms. The predicted octanol–water partition coefficient (Wildman–Crippen LogP) is 6.14. The predicted molar refractivity (Wildman–Crippen MR) is 104 cm³/mol. The molecule has 0 spiro atoms. The first-order valence-electron chi connectivity index (χ1n) is 6.40. The highest BCUT2D eigenvalue weighted by Crippen LogP contribution is 2.39. The first kappa shape index (κ1) is 17.3. The van der Waals surface area contributed by atoms with Crippen LogP contribution in [0.2, 0.25) is 0 Å². The monoisotopic (exact) mass is 392 g/mol. The average molecular weight is 394 g/mol. The second kappa shape index (κ2) is 8.00. The maximum absolute atomic E-state index is 4.81. The Morgan fingerprint density at radius 2 is 1.24 bits per heavy atom. The van der Waals surface area contributed by atoms with E-state index in [1.54, 1.807) is 10.4 Å². The van der Waals surface area contributed by atoms with E-state index in [0.717, 1.165) is 0 Å². The van der Waals surface area contributed by atoms with Gasteiger partial charge in [-0.1, -0.05) is 46.9 Å². The van der Waals surface area contributed by atoms with Crippen molar-refractivity contribution < 1.29 is 0 Å². The van der Waals surface area contributed by atoms with Crippen molar-refractivity contribution in [3.05, 3.63) is 55.9 Å². The van der Waals surface area contributed by atoms with Crippen LogP contribution < -0.4 is 0 Å². The first-order valence-corrected chi connectivity index (χ1v) is 10.9. The van der Waals surface area contributed by atoms with E-state index >= 15 is 0 Å². The summed E-state index contributed by atoms with van der Waals surface area (Å²) in [5.41, 5.74) is 3.06. The van der Waals surface area contributed by atoms with Crippen molar-refractivity contribution in [2.24, 2.45) is 0 Å². The molecule has 112 valence electrons. The minimum Gasteiger partial charge on any atom is -0.145 e. The van der Waals surface area contributed by atoms with Crippen LogP contribution in [-0.2, 0) is 0 Å². The molecule has 0 saturated carbocycles. The molecule has 21 heavy (non-hydrogen) atoms. The van der Waals surface area contributed by atoms with Gasteiger partial charge >= 0.3 is 0 Å². The van der Waals surface area contributed by atoms with Crippen LogP contribution in [0.4, 0.5) is 0 Å². The molecule has 6 heteroatoms. The highest BCUT2D eigenvalue weighted by atomic mass is 35.6. The zero-order chi connectivity index (χ0) is 15.4. The lowest BCUT2D eigenvalue weighted by atomic mass is 10.1. The maximum atomic E-state index is 4.81. The molecule has 0 N–H and O–H groups in total. The molecule has 3 rings (SSSR count). The minimum atomic E-state index is -0.750. The second-order valence-electron chi connectivity index (χ2n) is 4.59. The lowest BCUT2D eigenvalue weighted by molar-refractivity contribution is 1.39. The number of rotatable bonds is 2. The molecule has 2 aromatic rings. The normalized spacial score (nSPS) is 14.8. The SMILES string of the molecule is CC1=C(c2cccs2)[SiH2]C(c2cccs2)=C1C.ClC(Cl)Cl. The molecule has 2 aromatic heterocycles. The van der Waals surface area contributed by atoms with Crippen LogP contribution in [0.3, 0.4) is 0 Å². The summed E-state index contributed by atoms with van der Waals surface area (Å²) in [7, 11) is -0.282. The van der Waals surface area contributed by atoms with E-state index in [1.807, 2.05) is 22.7 Å².